The number of hydrogen-bond acceptors (Lipinski definition) is 5. The first kappa shape index (κ1) is 21.5. The summed E-state index contributed by atoms with van der Waals surface area (Å²) >= 11 is 0. The Morgan fingerprint density at radius 1 is 1.26 bits per heavy atom. The SMILES string of the molecule is CCN(CC)CCNC(=O)N1CCCC(S(=O)(=O)c2ccc(OC)cc2)C1. The molecule has 1 N–H and O–H groups in total. The lowest BCUT2D eigenvalue weighted by Gasteiger charge is -2.32. The maximum atomic E-state index is 12.9. The summed E-state index contributed by atoms with van der Waals surface area (Å²) in [5, 5.41) is 2.34. The van der Waals surface area contributed by atoms with Gasteiger partial charge in [-0.3, -0.25) is 0 Å². The van der Waals surface area contributed by atoms with E-state index in [-0.39, 0.29) is 17.5 Å². The van der Waals surface area contributed by atoms with Crippen molar-refractivity contribution in [3.8, 4) is 5.75 Å². The van der Waals surface area contributed by atoms with Crippen molar-refractivity contribution in [3.63, 3.8) is 0 Å². The molecule has 152 valence electrons. The Hall–Kier alpha value is -1.80. The fraction of sp³-hybridized carbons (Fsp3) is 0.632. The molecule has 0 spiro atoms. The van der Waals surface area contributed by atoms with Crippen molar-refractivity contribution in [1.29, 1.82) is 0 Å². The number of nitrogens with zero attached hydrogens (tertiary/aromatic N) is 2. The van der Waals surface area contributed by atoms with Crippen molar-refractivity contribution in [3.05, 3.63) is 24.3 Å². The van der Waals surface area contributed by atoms with Crippen LogP contribution >= 0.6 is 0 Å². The molecule has 0 saturated carbocycles. The first-order valence-electron chi connectivity index (χ1n) is 9.55. The number of amides is 2. The Kier molecular flexibility index (Phi) is 7.91. The van der Waals surface area contributed by atoms with E-state index < -0.39 is 15.1 Å². The van der Waals surface area contributed by atoms with Crippen LogP contribution in [0.3, 0.4) is 0 Å². The summed E-state index contributed by atoms with van der Waals surface area (Å²) in [6, 6.07) is 6.24. The molecule has 1 atom stereocenters. The summed E-state index contributed by atoms with van der Waals surface area (Å²) in [5.41, 5.74) is 0. The van der Waals surface area contributed by atoms with Crippen molar-refractivity contribution < 1.29 is 17.9 Å². The van der Waals surface area contributed by atoms with Crippen LogP contribution in [0, 0.1) is 0 Å². The van der Waals surface area contributed by atoms with E-state index in [9.17, 15) is 13.2 Å². The van der Waals surface area contributed by atoms with E-state index in [0.29, 0.717) is 31.7 Å². The number of nitrogens with one attached hydrogen (secondary N) is 1. The highest BCUT2D eigenvalue weighted by molar-refractivity contribution is 7.92. The molecule has 1 heterocycles. The third-order valence-corrected chi connectivity index (χ3v) is 7.28. The lowest BCUT2D eigenvalue weighted by atomic mass is 10.1. The maximum absolute atomic E-state index is 12.9. The fourth-order valence-electron chi connectivity index (χ4n) is 3.31. The first-order valence-corrected chi connectivity index (χ1v) is 11.1. The number of urea groups is 1. The molecule has 0 radical (unpaired) electrons. The second-order valence-electron chi connectivity index (χ2n) is 6.69. The number of methoxy groups -OCH3 is 1. The van der Waals surface area contributed by atoms with Gasteiger partial charge in [0.2, 0.25) is 0 Å². The molecular formula is C19H31N3O4S. The Morgan fingerprint density at radius 3 is 2.52 bits per heavy atom. The second kappa shape index (κ2) is 9.94. The number of hydrogen-bond donors (Lipinski definition) is 1. The highest BCUT2D eigenvalue weighted by atomic mass is 32.2. The molecule has 1 aliphatic rings. The molecule has 8 heteroatoms. The summed E-state index contributed by atoms with van der Waals surface area (Å²) in [6.07, 6.45) is 1.25. The van der Waals surface area contributed by atoms with Crippen LogP contribution in [-0.4, -0.2) is 75.9 Å². The van der Waals surface area contributed by atoms with Gasteiger partial charge in [0.25, 0.3) is 0 Å². The number of likely N-dealkylation sites (N-methyl/N-ethyl adjacent to an activating group) is 1. The van der Waals surface area contributed by atoms with Crippen LogP contribution in [0.25, 0.3) is 0 Å². The molecular weight excluding hydrogens is 366 g/mol. The average molecular weight is 398 g/mol. The molecule has 1 aliphatic heterocycles. The topological polar surface area (TPSA) is 79.0 Å². The zero-order chi connectivity index (χ0) is 19.9. The minimum atomic E-state index is -3.48. The largest absolute Gasteiger partial charge is 0.497 e. The highest BCUT2D eigenvalue weighted by Crippen LogP contribution is 2.25. The molecule has 0 aromatic heterocycles. The Morgan fingerprint density at radius 2 is 1.93 bits per heavy atom. The molecule has 7 nitrogen and oxygen atoms in total. The van der Waals surface area contributed by atoms with Crippen LogP contribution in [0.15, 0.2) is 29.2 Å². The quantitative estimate of drug-likeness (QED) is 0.726. The van der Waals surface area contributed by atoms with Gasteiger partial charge in [-0.05, 0) is 50.2 Å². The van der Waals surface area contributed by atoms with Gasteiger partial charge in [0.1, 0.15) is 5.75 Å². The third-order valence-electron chi connectivity index (χ3n) is 5.09. The molecule has 1 aromatic rings. The molecule has 0 bridgehead atoms. The van der Waals surface area contributed by atoms with Crippen LogP contribution in [-0.2, 0) is 9.84 Å². The fourth-order valence-corrected chi connectivity index (χ4v) is 5.06. The van der Waals surface area contributed by atoms with Crippen LogP contribution in [0.5, 0.6) is 5.75 Å². The normalized spacial score (nSPS) is 17.8. The number of rotatable bonds is 8. The molecule has 1 saturated heterocycles. The van der Waals surface area contributed by atoms with Gasteiger partial charge in [-0.1, -0.05) is 13.8 Å². The lowest BCUT2D eigenvalue weighted by Crippen LogP contribution is -2.50. The standard InChI is InChI=1S/C19H31N3O4S/c1-4-21(5-2)14-12-20-19(23)22-13-6-7-18(15-22)27(24,25)17-10-8-16(26-3)9-11-17/h8-11,18H,4-7,12-15H2,1-3H3,(H,20,23). The number of ether oxygens (including phenoxy) is 1. The van der Waals surface area contributed by atoms with Crippen molar-refractivity contribution in [1.82, 2.24) is 15.1 Å². The van der Waals surface area contributed by atoms with Crippen LogP contribution < -0.4 is 10.1 Å². The van der Waals surface area contributed by atoms with Crippen molar-refractivity contribution >= 4 is 15.9 Å². The van der Waals surface area contributed by atoms with Crippen molar-refractivity contribution in [2.24, 2.45) is 0 Å². The van der Waals surface area contributed by atoms with Crippen LogP contribution in [0.4, 0.5) is 4.79 Å². The van der Waals surface area contributed by atoms with E-state index in [1.807, 2.05) is 0 Å². The van der Waals surface area contributed by atoms with E-state index in [4.69, 9.17) is 4.74 Å². The Labute approximate surface area is 162 Å². The molecule has 27 heavy (non-hydrogen) atoms. The Bertz CT molecular complexity index is 702. The number of carbonyl (C=O) groups excluding carboxylic acids is 1. The molecule has 1 fully saturated rings. The van der Waals surface area contributed by atoms with Gasteiger partial charge >= 0.3 is 6.03 Å². The van der Waals surface area contributed by atoms with E-state index in [0.717, 1.165) is 19.6 Å². The van der Waals surface area contributed by atoms with Gasteiger partial charge in [-0.25, -0.2) is 13.2 Å². The number of benzene rings is 1. The van der Waals surface area contributed by atoms with Crippen LogP contribution in [0.2, 0.25) is 0 Å². The maximum Gasteiger partial charge on any atom is 0.317 e. The second-order valence-corrected chi connectivity index (χ2v) is 8.92. The van der Waals surface area contributed by atoms with Gasteiger partial charge in [0.15, 0.2) is 9.84 Å². The minimum Gasteiger partial charge on any atom is -0.497 e. The summed E-state index contributed by atoms with van der Waals surface area (Å²) in [5.74, 6) is 0.617. The van der Waals surface area contributed by atoms with E-state index >= 15 is 0 Å². The monoisotopic (exact) mass is 397 g/mol. The number of likely N-dealkylation sites (tertiary alicyclic amines) is 1. The van der Waals surface area contributed by atoms with Gasteiger partial charge in [0, 0.05) is 26.2 Å². The summed E-state index contributed by atoms with van der Waals surface area (Å²) in [6.45, 7) is 8.23. The van der Waals surface area contributed by atoms with Gasteiger partial charge < -0.3 is 19.9 Å². The summed E-state index contributed by atoms with van der Waals surface area (Å²) in [7, 11) is -1.94. The minimum absolute atomic E-state index is 0.184. The first-order chi connectivity index (χ1) is 12.9. The van der Waals surface area contributed by atoms with Crippen LogP contribution in [0.1, 0.15) is 26.7 Å². The number of piperidine rings is 1. The van der Waals surface area contributed by atoms with Crippen molar-refractivity contribution in [2.75, 3.05) is 46.4 Å². The van der Waals surface area contributed by atoms with E-state index in [1.165, 1.54) is 0 Å². The molecule has 1 aromatic carbocycles. The zero-order valence-electron chi connectivity index (χ0n) is 16.5. The molecule has 2 amide bonds. The zero-order valence-corrected chi connectivity index (χ0v) is 17.3. The Balaban J connectivity index is 1.96. The van der Waals surface area contributed by atoms with Gasteiger partial charge in [-0.2, -0.15) is 0 Å². The number of carbonyl (C=O) groups is 1. The van der Waals surface area contributed by atoms with Crippen molar-refractivity contribution in [2.45, 2.75) is 36.8 Å². The molecule has 2 rings (SSSR count). The predicted molar refractivity (Wildman–Crippen MR) is 106 cm³/mol. The number of sulfone groups is 1. The third kappa shape index (κ3) is 5.59. The predicted octanol–water partition coefficient (Wildman–Crippen LogP) is 1.98. The lowest BCUT2D eigenvalue weighted by molar-refractivity contribution is 0.185. The van der Waals surface area contributed by atoms with Gasteiger partial charge in [-0.15, -0.1) is 0 Å². The summed E-state index contributed by atoms with van der Waals surface area (Å²) in [4.78, 5) is 16.6. The smallest absolute Gasteiger partial charge is 0.317 e. The van der Waals surface area contributed by atoms with E-state index in [2.05, 4.69) is 24.1 Å². The average Bonchev–Trinajstić information content (AvgIpc) is 2.71. The molecule has 1 unspecified atom stereocenters. The van der Waals surface area contributed by atoms with E-state index in [1.54, 1.807) is 36.3 Å². The van der Waals surface area contributed by atoms with Gasteiger partial charge in [0.05, 0.1) is 17.3 Å². The molecule has 0 aliphatic carbocycles. The highest BCUT2D eigenvalue weighted by Gasteiger charge is 2.33. The summed E-state index contributed by atoms with van der Waals surface area (Å²) < 4.78 is 30.9.